The van der Waals surface area contributed by atoms with Gasteiger partial charge in [0, 0.05) is 9.79 Å². The predicted molar refractivity (Wildman–Crippen MR) is 113 cm³/mol. The molecule has 3 aromatic carbocycles. The van der Waals surface area contributed by atoms with Crippen molar-refractivity contribution in [1.29, 1.82) is 5.26 Å². The fourth-order valence-corrected chi connectivity index (χ4v) is 3.92. The summed E-state index contributed by atoms with van der Waals surface area (Å²) < 4.78 is 5.40. The smallest absolute Gasteiger partial charge is 0.339 e. The number of fused-ring (bicyclic) bond motifs is 1. The molecule has 1 aromatic heterocycles. The number of hydrogen-bond acceptors (Lipinski definition) is 6. The summed E-state index contributed by atoms with van der Waals surface area (Å²) in [6, 6.07) is 23.3. The van der Waals surface area contributed by atoms with Gasteiger partial charge in [0.15, 0.2) is 0 Å². The molecule has 0 amide bonds. The first-order valence-corrected chi connectivity index (χ1v) is 9.88. The highest BCUT2D eigenvalue weighted by atomic mass is 32.2. The first kappa shape index (κ1) is 19.4. The van der Waals surface area contributed by atoms with Gasteiger partial charge in [-0.3, -0.25) is 4.79 Å². The minimum Gasteiger partial charge on any atom is -0.454 e. The molecule has 0 unspecified atom stereocenters. The number of para-hydroxylation sites is 1. The van der Waals surface area contributed by atoms with E-state index in [1.54, 1.807) is 54.6 Å². The van der Waals surface area contributed by atoms with Crippen molar-refractivity contribution in [3.8, 4) is 6.07 Å². The van der Waals surface area contributed by atoms with Gasteiger partial charge in [0.05, 0.1) is 22.0 Å². The van der Waals surface area contributed by atoms with Gasteiger partial charge in [-0.25, -0.2) is 9.78 Å². The van der Waals surface area contributed by atoms with Crippen LogP contribution in [-0.4, -0.2) is 15.9 Å². The van der Waals surface area contributed by atoms with E-state index in [1.165, 1.54) is 11.8 Å². The van der Waals surface area contributed by atoms with Crippen LogP contribution in [0.3, 0.4) is 0 Å². The van der Waals surface area contributed by atoms with Crippen LogP contribution in [0, 0.1) is 11.3 Å². The first-order valence-electron chi connectivity index (χ1n) is 9.07. The SMILES string of the molecule is N#Cc1ccccc1Sc1ccccc1C(=O)OCc1nc2ccccc2c(=O)[nH]1. The summed E-state index contributed by atoms with van der Waals surface area (Å²) >= 11 is 1.32. The number of carbonyl (C=O) groups excluding carboxylic acids is 1. The molecule has 4 aromatic rings. The molecule has 30 heavy (non-hydrogen) atoms. The number of esters is 1. The molecule has 0 aliphatic carbocycles. The van der Waals surface area contributed by atoms with Gasteiger partial charge in [0.1, 0.15) is 18.5 Å². The number of ether oxygens (including phenoxy) is 1. The van der Waals surface area contributed by atoms with Crippen LogP contribution in [0.15, 0.2) is 87.4 Å². The molecule has 1 heterocycles. The molecule has 1 N–H and O–H groups in total. The first-order chi connectivity index (χ1) is 14.7. The fraction of sp³-hybridized carbons (Fsp3) is 0.0435. The Morgan fingerprint density at radius 1 is 1.00 bits per heavy atom. The van der Waals surface area contributed by atoms with Crippen molar-refractivity contribution in [2.24, 2.45) is 0 Å². The molecule has 7 heteroatoms. The summed E-state index contributed by atoms with van der Waals surface area (Å²) in [6.07, 6.45) is 0. The lowest BCUT2D eigenvalue weighted by Crippen LogP contribution is -2.14. The Morgan fingerprint density at radius 3 is 2.53 bits per heavy atom. The topological polar surface area (TPSA) is 95.8 Å². The molecule has 0 spiro atoms. The van der Waals surface area contributed by atoms with Crippen LogP contribution < -0.4 is 5.56 Å². The number of H-pyrrole nitrogens is 1. The maximum atomic E-state index is 12.7. The monoisotopic (exact) mass is 413 g/mol. The number of rotatable bonds is 5. The van der Waals surface area contributed by atoms with E-state index >= 15 is 0 Å². The quantitative estimate of drug-likeness (QED) is 0.490. The molecule has 146 valence electrons. The second kappa shape index (κ2) is 8.64. The summed E-state index contributed by atoms with van der Waals surface area (Å²) in [4.78, 5) is 33.3. The minimum absolute atomic E-state index is 0.160. The normalized spacial score (nSPS) is 10.5. The van der Waals surface area contributed by atoms with Crippen LogP contribution in [-0.2, 0) is 11.3 Å². The second-order valence-electron chi connectivity index (χ2n) is 6.31. The molecule has 0 bridgehead atoms. The molecule has 0 atom stereocenters. The average molecular weight is 413 g/mol. The zero-order valence-electron chi connectivity index (χ0n) is 15.7. The predicted octanol–water partition coefficient (Wildman–Crippen LogP) is 4.30. The van der Waals surface area contributed by atoms with Gasteiger partial charge >= 0.3 is 5.97 Å². The summed E-state index contributed by atoms with van der Waals surface area (Å²) in [5.41, 5.74) is 1.16. The van der Waals surface area contributed by atoms with Crippen molar-refractivity contribution < 1.29 is 9.53 Å². The molecular weight excluding hydrogens is 398 g/mol. The molecule has 0 saturated heterocycles. The van der Waals surface area contributed by atoms with E-state index in [2.05, 4.69) is 16.0 Å². The third-order valence-electron chi connectivity index (χ3n) is 4.34. The number of benzene rings is 3. The van der Waals surface area contributed by atoms with Crippen LogP contribution >= 0.6 is 11.8 Å². The highest BCUT2D eigenvalue weighted by Gasteiger charge is 2.15. The average Bonchev–Trinajstić information content (AvgIpc) is 2.78. The Balaban J connectivity index is 1.55. The number of hydrogen-bond donors (Lipinski definition) is 1. The van der Waals surface area contributed by atoms with Gasteiger partial charge in [-0.15, -0.1) is 0 Å². The summed E-state index contributed by atoms with van der Waals surface area (Å²) in [5.74, 6) is -0.268. The van der Waals surface area contributed by atoms with Gasteiger partial charge in [-0.2, -0.15) is 5.26 Å². The van der Waals surface area contributed by atoms with Crippen LogP contribution in [0.5, 0.6) is 0 Å². The number of nitrogens with zero attached hydrogens (tertiary/aromatic N) is 2. The maximum Gasteiger partial charge on any atom is 0.339 e. The zero-order valence-corrected chi connectivity index (χ0v) is 16.5. The highest BCUT2D eigenvalue weighted by molar-refractivity contribution is 7.99. The Kier molecular flexibility index (Phi) is 5.59. The maximum absolute atomic E-state index is 12.7. The van der Waals surface area contributed by atoms with Gasteiger partial charge in [-0.05, 0) is 36.4 Å². The molecule has 0 radical (unpaired) electrons. The Morgan fingerprint density at radius 2 is 1.70 bits per heavy atom. The molecule has 0 saturated carbocycles. The van der Waals surface area contributed by atoms with Gasteiger partial charge < -0.3 is 9.72 Å². The van der Waals surface area contributed by atoms with E-state index in [0.717, 1.165) is 4.90 Å². The number of aromatic nitrogens is 2. The molecule has 0 aliphatic heterocycles. The van der Waals surface area contributed by atoms with E-state index in [4.69, 9.17) is 4.74 Å². The van der Waals surface area contributed by atoms with Crippen molar-refractivity contribution in [3.63, 3.8) is 0 Å². The summed E-state index contributed by atoms with van der Waals surface area (Å²) in [7, 11) is 0. The minimum atomic E-state index is -0.539. The Hall–Kier alpha value is -3.89. The largest absolute Gasteiger partial charge is 0.454 e. The van der Waals surface area contributed by atoms with Crippen molar-refractivity contribution in [3.05, 3.63) is 100 Å². The lowest BCUT2D eigenvalue weighted by molar-refractivity contribution is 0.0458. The van der Waals surface area contributed by atoms with Crippen LogP contribution in [0.2, 0.25) is 0 Å². The van der Waals surface area contributed by atoms with E-state index in [1.807, 2.05) is 18.2 Å². The number of aromatic amines is 1. The standard InChI is InChI=1S/C23H15N3O3S/c24-13-15-7-1-5-11-19(15)30-20-12-6-3-9-17(20)23(28)29-14-21-25-18-10-4-2-8-16(18)22(27)26-21/h1-12H,14H2,(H,25,26,27). The Bertz CT molecular complexity index is 1340. The van der Waals surface area contributed by atoms with Gasteiger partial charge in [-0.1, -0.05) is 48.2 Å². The van der Waals surface area contributed by atoms with Crippen molar-refractivity contribution >= 4 is 28.6 Å². The van der Waals surface area contributed by atoms with Crippen molar-refractivity contribution in [2.75, 3.05) is 0 Å². The highest BCUT2D eigenvalue weighted by Crippen LogP contribution is 2.32. The van der Waals surface area contributed by atoms with E-state index < -0.39 is 5.97 Å². The van der Waals surface area contributed by atoms with Crippen molar-refractivity contribution in [2.45, 2.75) is 16.4 Å². The zero-order chi connectivity index (χ0) is 20.9. The number of nitrogens with one attached hydrogen (secondary N) is 1. The summed E-state index contributed by atoms with van der Waals surface area (Å²) in [6.45, 7) is -0.160. The van der Waals surface area contributed by atoms with E-state index in [9.17, 15) is 14.9 Å². The fourth-order valence-electron chi connectivity index (χ4n) is 2.91. The lowest BCUT2D eigenvalue weighted by Gasteiger charge is -2.10. The van der Waals surface area contributed by atoms with E-state index in [-0.39, 0.29) is 18.0 Å². The number of carbonyl (C=O) groups is 1. The van der Waals surface area contributed by atoms with Gasteiger partial charge in [0.25, 0.3) is 5.56 Å². The Labute approximate surface area is 176 Å². The summed E-state index contributed by atoms with van der Waals surface area (Å²) in [5, 5.41) is 9.77. The molecule has 0 fully saturated rings. The lowest BCUT2D eigenvalue weighted by atomic mass is 10.2. The second-order valence-corrected chi connectivity index (χ2v) is 7.40. The third-order valence-corrected chi connectivity index (χ3v) is 5.49. The molecule has 6 nitrogen and oxygen atoms in total. The van der Waals surface area contributed by atoms with Gasteiger partial charge in [0.2, 0.25) is 0 Å². The van der Waals surface area contributed by atoms with E-state index in [0.29, 0.717) is 26.9 Å². The van der Waals surface area contributed by atoms with Crippen LogP contribution in [0.4, 0.5) is 0 Å². The number of nitriles is 1. The third kappa shape index (κ3) is 4.09. The van der Waals surface area contributed by atoms with Crippen LogP contribution in [0.1, 0.15) is 21.7 Å². The van der Waals surface area contributed by atoms with Crippen LogP contribution in [0.25, 0.3) is 10.9 Å². The molecule has 4 rings (SSSR count). The van der Waals surface area contributed by atoms with Crippen molar-refractivity contribution in [1.82, 2.24) is 9.97 Å². The molecule has 0 aliphatic rings. The molecular formula is C23H15N3O3S.